The smallest absolute Gasteiger partial charge is 0.188 e. The Labute approximate surface area is 101 Å². The second-order valence-corrected chi connectivity index (χ2v) is 4.67. The molecule has 0 aliphatic heterocycles. The molecule has 6 heteroatoms. The Morgan fingerprint density at radius 1 is 1.44 bits per heavy atom. The molecule has 0 radical (unpaired) electrons. The molecule has 1 fully saturated rings. The molecule has 90 valence electrons. The van der Waals surface area contributed by atoms with Crippen LogP contribution in [-0.2, 0) is 13.6 Å². The summed E-state index contributed by atoms with van der Waals surface area (Å²) in [7, 11) is 1.79. The molecule has 0 N–H and O–H groups in total. The van der Waals surface area contributed by atoms with Crippen LogP contribution in [0.1, 0.15) is 31.5 Å². The van der Waals surface area contributed by atoms with E-state index in [9.17, 15) is 0 Å². The van der Waals surface area contributed by atoms with Crippen LogP contribution in [0.5, 0.6) is 0 Å². The van der Waals surface area contributed by atoms with Crippen molar-refractivity contribution in [3.8, 4) is 0 Å². The predicted octanol–water partition coefficient (Wildman–Crippen LogP) is 1.19. The normalized spacial score (nSPS) is 17.4. The molecule has 5 nitrogen and oxygen atoms in total. The summed E-state index contributed by atoms with van der Waals surface area (Å²) in [5.74, 6) is 1.45. The number of hydrogen-bond acceptors (Lipinski definition) is 4. The van der Waals surface area contributed by atoms with Crippen LogP contribution in [-0.4, -0.2) is 43.6 Å². The van der Waals surface area contributed by atoms with Crippen LogP contribution in [0.15, 0.2) is 0 Å². The fraction of sp³-hybridized carbons (Fsp3) is 0.900. The average Bonchev–Trinajstić information content (AvgIpc) is 2.88. The van der Waals surface area contributed by atoms with Crippen molar-refractivity contribution in [3.63, 3.8) is 0 Å². The third-order valence-electron chi connectivity index (χ3n) is 3.11. The largest absolute Gasteiger partial charge is 0.292 e. The Balaban J connectivity index is 1.96. The number of tetrazole rings is 1. The highest BCUT2D eigenvalue weighted by molar-refractivity contribution is 6.18. The van der Waals surface area contributed by atoms with Gasteiger partial charge in [-0.2, -0.15) is 4.80 Å². The van der Waals surface area contributed by atoms with Gasteiger partial charge in [0.2, 0.25) is 0 Å². The van der Waals surface area contributed by atoms with Gasteiger partial charge in [0.25, 0.3) is 0 Å². The van der Waals surface area contributed by atoms with E-state index in [-0.39, 0.29) is 0 Å². The number of alkyl halides is 1. The van der Waals surface area contributed by atoms with Crippen molar-refractivity contribution in [2.24, 2.45) is 7.05 Å². The van der Waals surface area contributed by atoms with E-state index in [4.69, 9.17) is 11.6 Å². The SMILES string of the molecule is Cn1nnc(CN(CCCl)C2CCCC2)n1. The molecule has 0 unspecified atom stereocenters. The van der Waals surface area contributed by atoms with Gasteiger partial charge in [0.15, 0.2) is 5.82 Å². The van der Waals surface area contributed by atoms with Gasteiger partial charge in [0.05, 0.1) is 13.6 Å². The van der Waals surface area contributed by atoms with Crippen molar-refractivity contribution >= 4 is 11.6 Å². The molecular formula is C10H18ClN5. The number of aromatic nitrogens is 4. The van der Waals surface area contributed by atoms with E-state index >= 15 is 0 Å². The monoisotopic (exact) mass is 243 g/mol. The van der Waals surface area contributed by atoms with E-state index in [0.29, 0.717) is 11.9 Å². The standard InChI is InChI=1S/C10H18ClN5/c1-15-13-10(12-14-15)8-16(7-6-11)9-4-2-3-5-9/h9H,2-8H2,1H3. The average molecular weight is 244 g/mol. The second kappa shape index (κ2) is 5.59. The maximum Gasteiger partial charge on any atom is 0.188 e. The van der Waals surface area contributed by atoms with E-state index in [1.165, 1.54) is 30.5 Å². The van der Waals surface area contributed by atoms with Gasteiger partial charge < -0.3 is 0 Å². The molecule has 2 rings (SSSR count). The summed E-state index contributed by atoms with van der Waals surface area (Å²) in [4.78, 5) is 3.89. The summed E-state index contributed by atoms with van der Waals surface area (Å²) in [6.07, 6.45) is 5.21. The molecule has 0 bridgehead atoms. The zero-order chi connectivity index (χ0) is 11.4. The molecule has 1 aliphatic carbocycles. The summed E-state index contributed by atoms with van der Waals surface area (Å²) in [5, 5.41) is 12.1. The zero-order valence-electron chi connectivity index (χ0n) is 9.64. The van der Waals surface area contributed by atoms with E-state index in [0.717, 1.165) is 18.9 Å². The lowest BCUT2D eigenvalue weighted by Crippen LogP contribution is -2.34. The number of rotatable bonds is 5. The first-order valence-electron chi connectivity index (χ1n) is 5.82. The summed E-state index contributed by atoms with van der Waals surface area (Å²) in [6.45, 7) is 1.68. The molecule has 1 saturated carbocycles. The van der Waals surface area contributed by atoms with Gasteiger partial charge in [-0.25, -0.2) is 0 Å². The van der Waals surface area contributed by atoms with Crippen LogP contribution >= 0.6 is 11.6 Å². The maximum atomic E-state index is 5.84. The molecule has 1 heterocycles. The van der Waals surface area contributed by atoms with Crippen LogP contribution in [0.25, 0.3) is 0 Å². The van der Waals surface area contributed by atoms with E-state index in [2.05, 4.69) is 20.3 Å². The van der Waals surface area contributed by atoms with Crippen LogP contribution in [0, 0.1) is 0 Å². The zero-order valence-corrected chi connectivity index (χ0v) is 10.4. The second-order valence-electron chi connectivity index (χ2n) is 4.29. The molecule has 16 heavy (non-hydrogen) atoms. The first-order valence-corrected chi connectivity index (χ1v) is 6.36. The Morgan fingerprint density at radius 2 is 2.19 bits per heavy atom. The number of halogens is 1. The molecule has 0 spiro atoms. The highest BCUT2D eigenvalue weighted by Gasteiger charge is 2.23. The third-order valence-corrected chi connectivity index (χ3v) is 3.28. The fourth-order valence-corrected chi connectivity index (χ4v) is 2.55. The Bertz CT molecular complexity index is 321. The van der Waals surface area contributed by atoms with Gasteiger partial charge in [0, 0.05) is 18.5 Å². The molecule has 0 atom stereocenters. The first-order chi connectivity index (χ1) is 7.79. The minimum absolute atomic E-state index is 0.655. The van der Waals surface area contributed by atoms with E-state index < -0.39 is 0 Å². The maximum absolute atomic E-state index is 5.84. The van der Waals surface area contributed by atoms with Gasteiger partial charge in [-0.1, -0.05) is 12.8 Å². The lowest BCUT2D eigenvalue weighted by Gasteiger charge is -2.26. The summed E-state index contributed by atoms with van der Waals surface area (Å²) >= 11 is 5.84. The van der Waals surface area contributed by atoms with Crippen LogP contribution in [0.4, 0.5) is 0 Å². The van der Waals surface area contributed by atoms with Crippen LogP contribution in [0.3, 0.4) is 0 Å². The minimum Gasteiger partial charge on any atom is -0.292 e. The molecule has 0 amide bonds. The number of nitrogens with zero attached hydrogens (tertiary/aromatic N) is 5. The highest BCUT2D eigenvalue weighted by Crippen LogP contribution is 2.24. The molecule has 0 saturated heterocycles. The molecule has 1 aromatic heterocycles. The van der Waals surface area contributed by atoms with Gasteiger partial charge in [-0.3, -0.25) is 4.90 Å². The summed E-state index contributed by atoms with van der Waals surface area (Å²) < 4.78 is 0. The molecule has 1 aromatic rings. The van der Waals surface area contributed by atoms with Gasteiger partial charge >= 0.3 is 0 Å². The number of hydrogen-bond donors (Lipinski definition) is 0. The quantitative estimate of drug-likeness (QED) is 0.729. The minimum atomic E-state index is 0.655. The predicted molar refractivity (Wildman–Crippen MR) is 62.2 cm³/mol. The van der Waals surface area contributed by atoms with Crippen molar-refractivity contribution in [2.75, 3.05) is 12.4 Å². The Hall–Kier alpha value is -0.680. The lowest BCUT2D eigenvalue weighted by molar-refractivity contribution is 0.196. The van der Waals surface area contributed by atoms with Crippen LogP contribution in [0.2, 0.25) is 0 Å². The molecule has 1 aliphatic rings. The van der Waals surface area contributed by atoms with E-state index in [1.54, 1.807) is 7.05 Å². The summed E-state index contributed by atoms with van der Waals surface area (Å²) in [5.41, 5.74) is 0. The topological polar surface area (TPSA) is 46.8 Å². The van der Waals surface area contributed by atoms with E-state index in [1.807, 2.05) is 0 Å². The number of aryl methyl sites for hydroxylation is 1. The van der Waals surface area contributed by atoms with Crippen LogP contribution < -0.4 is 0 Å². The Morgan fingerprint density at radius 3 is 2.75 bits per heavy atom. The van der Waals surface area contributed by atoms with Gasteiger partial charge in [-0.15, -0.1) is 21.8 Å². The van der Waals surface area contributed by atoms with Crippen molar-refractivity contribution in [3.05, 3.63) is 5.82 Å². The van der Waals surface area contributed by atoms with Crippen molar-refractivity contribution in [1.82, 2.24) is 25.1 Å². The van der Waals surface area contributed by atoms with Crippen molar-refractivity contribution < 1.29 is 0 Å². The highest BCUT2D eigenvalue weighted by atomic mass is 35.5. The first kappa shape index (κ1) is 11.8. The Kier molecular flexibility index (Phi) is 4.12. The van der Waals surface area contributed by atoms with Gasteiger partial charge in [0.1, 0.15) is 0 Å². The molecular weight excluding hydrogens is 226 g/mol. The summed E-state index contributed by atoms with van der Waals surface area (Å²) in [6, 6.07) is 0.655. The molecule has 0 aromatic carbocycles. The van der Waals surface area contributed by atoms with Crippen molar-refractivity contribution in [2.45, 2.75) is 38.3 Å². The fourth-order valence-electron chi connectivity index (χ4n) is 2.34. The van der Waals surface area contributed by atoms with Gasteiger partial charge in [-0.05, 0) is 18.1 Å². The lowest BCUT2D eigenvalue weighted by atomic mass is 10.2. The van der Waals surface area contributed by atoms with Crippen molar-refractivity contribution in [1.29, 1.82) is 0 Å². The third kappa shape index (κ3) is 2.92.